The van der Waals surface area contributed by atoms with Gasteiger partial charge in [0, 0.05) is 24.5 Å². The predicted molar refractivity (Wildman–Crippen MR) is 125 cm³/mol. The molecule has 0 radical (unpaired) electrons. The molecule has 6 nitrogen and oxygen atoms in total. The molecule has 0 saturated heterocycles. The van der Waals surface area contributed by atoms with Crippen molar-refractivity contribution >= 4 is 0 Å². The van der Waals surface area contributed by atoms with Gasteiger partial charge in [0.2, 0.25) is 0 Å². The highest BCUT2D eigenvalue weighted by atomic mass is 16.5. The van der Waals surface area contributed by atoms with Crippen LogP contribution in [0.2, 0.25) is 0 Å². The lowest BCUT2D eigenvalue weighted by Crippen LogP contribution is -2.22. The van der Waals surface area contributed by atoms with Crippen LogP contribution < -0.4 is 9.47 Å². The van der Waals surface area contributed by atoms with Crippen LogP contribution in [-0.4, -0.2) is 34.2 Å². The molecule has 0 aliphatic heterocycles. The number of aromatic nitrogens is 4. The summed E-state index contributed by atoms with van der Waals surface area (Å²) in [6.45, 7) is 0. The van der Waals surface area contributed by atoms with E-state index in [0.29, 0.717) is 23.9 Å². The number of methoxy groups -OCH3 is 2. The van der Waals surface area contributed by atoms with Crippen LogP contribution in [0.5, 0.6) is 12.0 Å². The van der Waals surface area contributed by atoms with Crippen molar-refractivity contribution in [2.24, 2.45) is 0 Å². The van der Waals surface area contributed by atoms with Gasteiger partial charge in [-0.2, -0.15) is 4.98 Å². The van der Waals surface area contributed by atoms with Crippen LogP contribution in [0.25, 0.3) is 0 Å². The van der Waals surface area contributed by atoms with E-state index in [2.05, 4.69) is 50.3 Å². The second kappa shape index (κ2) is 12.8. The van der Waals surface area contributed by atoms with Crippen molar-refractivity contribution in [3.05, 3.63) is 109 Å². The molecule has 2 heterocycles. The van der Waals surface area contributed by atoms with Crippen molar-refractivity contribution < 1.29 is 9.47 Å². The van der Waals surface area contributed by atoms with Crippen molar-refractivity contribution in [2.75, 3.05) is 14.2 Å². The first-order chi connectivity index (χ1) is 15.8. The monoisotopic (exact) mass is 428 g/mol. The SMILES string of the molecule is COc1nccc(C2CC[C@H]2c2ccccc2)n1.COc1ncccn1.c1ccccc1. The van der Waals surface area contributed by atoms with Crippen LogP contribution >= 0.6 is 0 Å². The maximum atomic E-state index is 5.09. The van der Waals surface area contributed by atoms with Crippen molar-refractivity contribution in [3.8, 4) is 12.0 Å². The molecule has 1 aliphatic carbocycles. The summed E-state index contributed by atoms with van der Waals surface area (Å²) >= 11 is 0. The van der Waals surface area contributed by atoms with Gasteiger partial charge >= 0.3 is 12.0 Å². The maximum Gasteiger partial charge on any atom is 0.316 e. The average molecular weight is 429 g/mol. The third kappa shape index (κ3) is 6.87. The highest BCUT2D eigenvalue weighted by molar-refractivity contribution is 5.29. The lowest BCUT2D eigenvalue weighted by atomic mass is 9.68. The third-order valence-corrected chi connectivity index (χ3v) is 5.11. The Morgan fingerprint density at radius 3 is 1.62 bits per heavy atom. The highest BCUT2D eigenvalue weighted by Gasteiger charge is 2.34. The molecule has 0 N–H and O–H groups in total. The van der Waals surface area contributed by atoms with E-state index in [1.54, 1.807) is 31.8 Å². The number of rotatable bonds is 4. The quantitative estimate of drug-likeness (QED) is 0.438. The smallest absolute Gasteiger partial charge is 0.316 e. The first-order valence-corrected chi connectivity index (χ1v) is 10.5. The Bertz CT molecular complexity index is 991. The molecule has 1 saturated carbocycles. The molecule has 164 valence electrons. The molecule has 5 rings (SSSR count). The molecule has 1 fully saturated rings. The lowest BCUT2D eigenvalue weighted by molar-refractivity contribution is 0.328. The zero-order valence-corrected chi connectivity index (χ0v) is 18.4. The van der Waals surface area contributed by atoms with E-state index in [-0.39, 0.29) is 0 Å². The predicted octanol–water partition coefficient (Wildman–Crippen LogP) is 5.32. The molecule has 0 spiro atoms. The van der Waals surface area contributed by atoms with Gasteiger partial charge in [-0.15, -0.1) is 0 Å². The van der Waals surface area contributed by atoms with E-state index in [9.17, 15) is 0 Å². The number of nitrogens with zero attached hydrogens (tertiary/aromatic N) is 4. The van der Waals surface area contributed by atoms with Gasteiger partial charge in [-0.05, 0) is 36.5 Å². The summed E-state index contributed by atoms with van der Waals surface area (Å²) in [7, 11) is 3.14. The largest absolute Gasteiger partial charge is 0.467 e. The Morgan fingerprint density at radius 1 is 0.594 bits per heavy atom. The molecule has 4 aromatic rings. The van der Waals surface area contributed by atoms with Gasteiger partial charge < -0.3 is 9.47 Å². The fourth-order valence-corrected chi connectivity index (χ4v) is 3.39. The Balaban J connectivity index is 0.000000169. The van der Waals surface area contributed by atoms with E-state index in [4.69, 9.17) is 9.47 Å². The topological polar surface area (TPSA) is 70.0 Å². The van der Waals surface area contributed by atoms with Crippen molar-refractivity contribution in [1.82, 2.24) is 19.9 Å². The third-order valence-electron chi connectivity index (χ3n) is 5.11. The Kier molecular flexibility index (Phi) is 9.15. The second-order valence-corrected chi connectivity index (χ2v) is 7.06. The number of benzene rings is 2. The lowest BCUT2D eigenvalue weighted by Gasteiger charge is -2.36. The molecule has 2 atom stereocenters. The van der Waals surface area contributed by atoms with Gasteiger partial charge in [0.15, 0.2) is 0 Å². The summed E-state index contributed by atoms with van der Waals surface area (Å²) < 4.78 is 9.78. The number of hydrogen-bond donors (Lipinski definition) is 0. The van der Waals surface area contributed by atoms with E-state index >= 15 is 0 Å². The molecule has 0 amide bonds. The maximum absolute atomic E-state index is 5.09. The van der Waals surface area contributed by atoms with E-state index in [0.717, 1.165) is 5.69 Å². The molecule has 2 aromatic heterocycles. The Labute approximate surface area is 189 Å². The summed E-state index contributed by atoms with van der Waals surface area (Å²) in [6.07, 6.45) is 7.47. The fraction of sp³-hybridized carbons (Fsp3) is 0.231. The van der Waals surface area contributed by atoms with Gasteiger partial charge in [0.05, 0.1) is 19.9 Å². The number of hydrogen-bond acceptors (Lipinski definition) is 6. The van der Waals surface area contributed by atoms with Crippen LogP contribution in [0.3, 0.4) is 0 Å². The van der Waals surface area contributed by atoms with Crippen molar-refractivity contribution in [2.45, 2.75) is 24.7 Å². The normalized spacial score (nSPS) is 16.2. The van der Waals surface area contributed by atoms with Gasteiger partial charge in [-0.3, -0.25) is 0 Å². The molecular weight excluding hydrogens is 400 g/mol. The first kappa shape index (κ1) is 22.9. The van der Waals surface area contributed by atoms with Crippen molar-refractivity contribution in [1.29, 1.82) is 0 Å². The standard InChI is InChI=1S/C15H16N2O.C6H6.C5H6N2O/c1-18-15-16-10-9-14(17-15)13-8-7-12(13)11-5-3-2-4-6-11;1-2-4-6-5-3-1;1-8-5-6-3-2-4-7-5/h2-6,9-10,12-13H,7-8H2,1H3;1-6H;2-4H,1H3/t12-,13?;;/m0../s1. The molecule has 2 aromatic carbocycles. The molecule has 6 heteroatoms. The van der Waals surface area contributed by atoms with Crippen LogP contribution in [0.1, 0.15) is 35.9 Å². The summed E-state index contributed by atoms with van der Waals surface area (Å²) in [5.74, 6) is 1.09. The molecule has 0 bridgehead atoms. The molecular formula is C26H28N4O2. The fourth-order valence-electron chi connectivity index (χ4n) is 3.39. The van der Waals surface area contributed by atoms with Crippen LogP contribution in [0.4, 0.5) is 0 Å². The zero-order chi connectivity index (χ0) is 22.4. The van der Waals surface area contributed by atoms with Crippen LogP contribution in [-0.2, 0) is 0 Å². The van der Waals surface area contributed by atoms with Gasteiger partial charge in [-0.25, -0.2) is 15.0 Å². The first-order valence-electron chi connectivity index (χ1n) is 10.5. The van der Waals surface area contributed by atoms with Gasteiger partial charge in [0.1, 0.15) is 0 Å². The highest BCUT2D eigenvalue weighted by Crippen LogP contribution is 2.48. The zero-order valence-electron chi connectivity index (χ0n) is 18.4. The minimum Gasteiger partial charge on any atom is -0.467 e. The molecule has 1 unspecified atom stereocenters. The minimum absolute atomic E-state index is 0.410. The van der Waals surface area contributed by atoms with Gasteiger partial charge in [-0.1, -0.05) is 66.7 Å². The molecule has 32 heavy (non-hydrogen) atoms. The summed E-state index contributed by atoms with van der Waals surface area (Å²) in [6, 6.07) is 27.3. The summed E-state index contributed by atoms with van der Waals surface area (Å²) in [5, 5.41) is 0. The summed E-state index contributed by atoms with van der Waals surface area (Å²) in [4.78, 5) is 16.0. The number of ether oxygens (including phenoxy) is 2. The summed E-state index contributed by atoms with van der Waals surface area (Å²) in [5.41, 5.74) is 2.51. The van der Waals surface area contributed by atoms with Crippen LogP contribution in [0, 0.1) is 0 Å². The van der Waals surface area contributed by atoms with Crippen LogP contribution in [0.15, 0.2) is 97.5 Å². The molecule has 1 aliphatic rings. The average Bonchev–Trinajstić information content (AvgIpc) is 2.86. The van der Waals surface area contributed by atoms with E-state index < -0.39 is 0 Å². The minimum atomic E-state index is 0.410. The van der Waals surface area contributed by atoms with E-state index in [1.807, 2.05) is 42.5 Å². The van der Waals surface area contributed by atoms with Crippen molar-refractivity contribution in [3.63, 3.8) is 0 Å². The second-order valence-electron chi connectivity index (χ2n) is 7.06. The van der Waals surface area contributed by atoms with E-state index in [1.165, 1.54) is 25.5 Å². The Hall–Kier alpha value is -3.80. The van der Waals surface area contributed by atoms with Gasteiger partial charge in [0.25, 0.3) is 0 Å². The Morgan fingerprint density at radius 2 is 1.12 bits per heavy atom.